The zero-order valence-corrected chi connectivity index (χ0v) is 11.4. The van der Waals surface area contributed by atoms with Crippen LogP contribution in [0, 0.1) is 5.92 Å². The molecule has 0 N–H and O–H groups in total. The van der Waals surface area contributed by atoms with Gasteiger partial charge in [-0.1, -0.05) is 88.4 Å². The van der Waals surface area contributed by atoms with Crippen LogP contribution in [0.15, 0.2) is 36.4 Å². The number of rotatable bonds is 8. The predicted octanol–water partition coefficient (Wildman–Crippen LogP) is 5.70. The molecule has 0 fully saturated rings. The van der Waals surface area contributed by atoms with E-state index in [4.69, 9.17) is 0 Å². The van der Waals surface area contributed by atoms with Crippen molar-refractivity contribution in [1.82, 2.24) is 0 Å². The van der Waals surface area contributed by atoms with Gasteiger partial charge < -0.3 is 0 Å². The van der Waals surface area contributed by atoms with E-state index in [0.29, 0.717) is 0 Å². The lowest BCUT2D eigenvalue weighted by Gasteiger charge is -2.07. The molecule has 1 aromatic rings. The van der Waals surface area contributed by atoms with Gasteiger partial charge in [-0.05, 0) is 17.9 Å². The Kier molecular flexibility index (Phi) is 7.46. The van der Waals surface area contributed by atoms with Gasteiger partial charge in [0.1, 0.15) is 0 Å². The smallest absolute Gasteiger partial charge is 0.0260 e. The highest BCUT2D eigenvalue weighted by atomic mass is 14.0. The molecule has 0 heteroatoms. The summed E-state index contributed by atoms with van der Waals surface area (Å²) < 4.78 is 0. The second-order valence-corrected chi connectivity index (χ2v) is 5.00. The van der Waals surface area contributed by atoms with Gasteiger partial charge in [0.25, 0.3) is 0 Å². The van der Waals surface area contributed by atoms with E-state index in [-0.39, 0.29) is 0 Å². The molecular weight excluding hydrogens is 204 g/mol. The van der Waals surface area contributed by atoms with Crippen molar-refractivity contribution in [3.8, 4) is 0 Å². The van der Waals surface area contributed by atoms with Crippen LogP contribution in [0.3, 0.4) is 0 Å². The van der Waals surface area contributed by atoms with E-state index in [1.165, 1.54) is 44.1 Å². The molecule has 1 atom stereocenters. The van der Waals surface area contributed by atoms with Gasteiger partial charge in [0.2, 0.25) is 0 Å². The van der Waals surface area contributed by atoms with Crippen molar-refractivity contribution in [1.29, 1.82) is 0 Å². The summed E-state index contributed by atoms with van der Waals surface area (Å²) in [5, 5.41) is 0. The minimum Gasteiger partial charge on any atom is -0.0837 e. The largest absolute Gasteiger partial charge is 0.0837 e. The summed E-state index contributed by atoms with van der Waals surface area (Å²) in [6, 6.07) is 10.6. The second kappa shape index (κ2) is 9.04. The number of allylic oxidation sites excluding steroid dienone is 1. The molecule has 0 amide bonds. The normalized spacial score (nSPS) is 13.1. The molecule has 0 aliphatic heterocycles. The van der Waals surface area contributed by atoms with Crippen LogP contribution in [0.1, 0.15) is 57.9 Å². The topological polar surface area (TPSA) is 0 Å². The summed E-state index contributed by atoms with van der Waals surface area (Å²) in [4.78, 5) is 0. The van der Waals surface area contributed by atoms with Gasteiger partial charge in [0, 0.05) is 0 Å². The predicted molar refractivity (Wildman–Crippen MR) is 78.0 cm³/mol. The van der Waals surface area contributed by atoms with Crippen LogP contribution < -0.4 is 0 Å². The Morgan fingerprint density at radius 2 is 1.82 bits per heavy atom. The van der Waals surface area contributed by atoms with Crippen molar-refractivity contribution in [3.63, 3.8) is 0 Å². The zero-order chi connectivity index (χ0) is 12.3. The lowest BCUT2D eigenvalue weighted by atomic mass is 9.99. The Morgan fingerprint density at radius 3 is 2.53 bits per heavy atom. The molecule has 0 aliphatic rings. The van der Waals surface area contributed by atoms with E-state index in [1.54, 1.807) is 0 Å². The average Bonchev–Trinajstić information content (AvgIpc) is 2.36. The first-order valence-electron chi connectivity index (χ1n) is 7.04. The minimum absolute atomic E-state index is 0.826. The van der Waals surface area contributed by atoms with Crippen LogP contribution in [-0.2, 0) is 0 Å². The van der Waals surface area contributed by atoms with Crippen LogP contribution in [0.2, 0.25) is 0 Å². The summed E-state index contributed by atoms with van der Waals surface area (Å²) in [5.41, 5.74) is 1.31. The Bertz CT molecular complexity index is 297. The quantitative estimate of drug-likeness (QED) is 0.503. The van der Waals surface area contributed by atoms with Crippen molar-refractivity contribution in [2.45, 2.75) is 52.4 Å². The molecule has 1 rings (SSSR count). The number of unbranched alkanes of at least 4 members (excludes halogenated alkanes) is 3. The van der Waals surface area contributed by atoms with Crippen molar-refractivity contribution < 1.29 is 0 Å². The van der Waals surface area contributed by atoms with E-state index in [0.717, 1.165) is 5.92 Å². The van der Waals surface area contributed by atoms with Crippen LogP contribution >= 0.6 is 0 Å². The molecule has 0 heterocycles. The Labute approximate surface area is 107 Å². The molecule has 0 saturated heterocycles. The second-order valence-electron chi connectivity index (χ2n) is 5.00. The monoisotopic (exact) mass is 230 g/mol. The number of hydrogen-bond acceptors (Lipinski definition) is 0. The van der Waals surface area contributed by atoms with Gasteiger partial charge in [0.15, 0.2) is 0 Å². The number of benzene rings is 1. The molecule has 94 valence electrons. The van der Waals surface area contributed by atoms with Crippen LogP contribution in [0.5, 0.6) is 0 Å². The van der Waals surface area contributed by atoms with Crippen LogP contribution in [-0.4, -0.2) is 0 Å². The zero-order valence-electron chi connectivity index (χ0n) is 11.4. The molecule has 0 aliphatic carbocycles. The molecule has 0 spiro atoms. The third-order valence-electron chi connectivity index (χ3n) is 3.20. The fraction of sp³-hybridized carbons (Fsp3) is 0.529. The lowest BCUT2D eigenvalue weighted by Crippen LogP contribution is -1.92. The Morgan fingerprint density at radius 1 is 1.06 bits per heavy atom. The highest BCUT2D eigenvalue weighted by Crippen LogP contribution is 2.15. The maximum atomic E-state index is 2.36. The Balaban J connectivity index is 2.15. The molecule has 1 unspecified atom stereocenters. The van der Waals surface area contributed by atoms with Gasteiger partial charge >= 0.3 is 0 Å². The molecule has 0 aromatic heterocycles. The van der Waals surface area contributed by atoms with E-state index in [9.17, 15) is 0 Å². The first-order chi connectivity index (χ1) is 8.33. The van der Waals surface area contributed by atoms with Crippen molar-refractivity contribution >= 4 is 6.08 Å². The maximum absolute atomic E-state index is 2.36. The first-order valence-corrected chi connectivity index (χ1v) is 7.04. The van der Waals surface area contributed by atoms with Gasteiger partial charge in [-0.3, -0.25) is 0 Å². The molecular formula is C17H26. The SMILES string of the molecule is CCCCCCC(C)C/C=C/c1ccccc1. The summed E-state index contributed by atoms with van der Waals surface area (Å²) in [5.74, 6) is 0.826. The van der Waals surface area contributed by atoms with Crippen LogP contribution in [0.25, 0.3) is 6.08 Å². The van der Waals surface area contributed by atoms with Crippen molar-refractivity contribution in [2.75, 3.05) is 0 Å². The summed E-state index contributed by atoms with van der Waals surface area (Å²) in [7, 11) is 0. The highest BCUT2D eigenvalue weighted by Gasteiger charge is 1.98. The van der Waals surface area contributed by atoms with Gasteiger partial charge in [-0.15, -0.1) is 0 Å². The van der Waals surface area contributed by atoms with E-state index in [2.05, 4.69) is 56.3 Å². The average molecular weight is 230 g/mol. The van der Waals surface area contributed by atoms with Crippen molar-refractivity contribution in [3.05, 3.63) is 42.0 Å². The van der Waals surface area contributed by atoms with Gasteiger partial charge in [-0.2, -0.15) is 0 Å². The van der Waals surface area contributed by atoms with E-state index >= 15 is 0 Å². The molecule has 0 nitrogen and oxygen atoms in total. The van der Waals surface area contributed by atoms with Crippen LogP contribution in [0.4, 0.5) is 0 Å². The molecule has 0 bridgehead atoms. The molecule has 17 heavy (non-hydrogen) atoms. The Hall–Kier alpha value is -1.04. The summed E-state index contributed by atoms with van der Waals surface area (Å²) in [6.07, 6.45) is 12.7. The third-order valence-corrected chi connectivity index (χ3v) is 3.20. The highest BCUT2D eigenvalue weighted by molar-refractivity contribution is 5.48. The fourth-order valence-electron chi connectivity index (χ4n) is 2.04. The molecule has 0 radical (unpaired) electrons. The van der Waals surface area contributed by atoms with E-state index in [1.807, 2.05) is 0 Å². The van der Waals surface area contributed by atoms with Gasteiger partial charge in [-0.25, -0.2) is 0 Å². The molecule has 0 saturated carbocycles. The summed E-state index contributed by atoms with van der Waals surface area (Å²) in [6.45, 7) is 4.63. The van der Waals surface area contributed by atoms with Crippen molar-refractivity contribution in [2.24, 2.45) is 5.92 Å². The first kappa shape index (κ1) is 14.0. The van der Waals surface area contributed by atoms with E-state index < -0.39 is 0 Å². The maximum Gasteiger partial charge on any atom is -0.0260 e. The summed E-state index contributed by atoms with van der Waals surface area (Å²) >= 11 is 0. The third kappa shape index (κ3) is 6.99. The van der Waals surface area contributed by atoms with Gasteiger partial charge in [0.05, 0.1) is 0 Å². The molecule has 1 aromatic carbocycles. The number of hydrogen-bond donors (Lipinski definition) is 0. The lowest BCUT2D eigenvalue weighted by molar-refractivity contribution is 0.494. The minimum atomic E-state index is 0.826. The fourth-order valence-corrected chi connectivity index (χ4v) is 2.04. The standard InChI is InChI=1S/C17H26/c1-3-4-5-7-11-16(2)12-10-15-17-13-8-6-9-14-17/h6,8-10,13-16H,3-5,7,11-12H2,1-2H3/b15-10+.